The number of fused-ring (bicyclic) bond motifs is 1. The molecule has 1 heteroatoms. The number of aryl methyl sites for hydroxylation is 1. The Hall–Kier alpha value is -0.980. The van der Waals surface area contributed by atoms with Crippen LogP contribution in [-0.2, 0) is 0 Å². The number of rotatable bonds is 1. The van der Waals surface area contributed by atoms with Crippen LogP contribution in [0.15, 0.2) is 18.2 Å². The number of benzene rings is 1. The highest BCUT2D eigenvalue weighted by Gasteiger charge is 2.19. The van der Waals surface area contributed by atoms with E-state index in [0.29, 0.717) is 0 Å². The van der Waals surface area contributed by atoms with E-state index in [2.05, 4.69) is 37.4 Å². The van der Waals surface area contributed by atoms with Gasteiger partial charge in [0.15, 0.2) is 0 Å². The predicted octanol–water partition coefficient (Wildman–Crippen LogP) is 2.91. The lowest BCUT2D eigenvalue weighted by Crippen LogP contribution is -1.99. The van der Waals surface area contributed by atoms with Crippen molar-refractivity contribution in [2.75, 3.05) is 11.9 Å². The molecular weight excluding hydrogens is 146 g/mol. The Morgan fingerprint density at radius 2 is 2.33 bits per heavy atom. The highest BCUT2D eigenvalue weighted by Crippen LogP contribution is 2.33. The van der Waals surface area contributed by atoms with E-state index in [1.165, 1.54) is 23.2 Å². The van der Waals surface area contributed by atoms with Crippen molar-refractivity contribution >= 4 is 5.69 Å². The van der Waals surface area contributed by atoms with Crippen LogP contribution in [0.2, 0.25) is 0 Å². The maximum atomic E-state index is 3.44. The normalized spacial score (nSPS) is 20.3. The molecule has 0 fully saturated rings. The molecule has 1 aliphatic rings. The Balaban J connectivity index is 2.40. The van der Waals surface area contributed by atoms with Gasteiger partial charge < -0.3 is 5.32 Å². The van der Waals surface area contributed by atoms with E-state index in [0.717, 1.165) is 12.5 Å². The molecule has 64 valence electrons. The van der Waals surface area contributed by atoms with Gasteiger partial charge in [-0.25, -0.2) is 0 Å². The van der Waals surface area contributed by atoms with E-state index in [1.54, 1.807) is 0 Å². The Morgan fingerprint density at radius 1 is 1.50 bits per heavy atom. The van der Waals surface area contributed by atoms with Crippen molar-refractivity contribution in [1.82, 2.24) is 0 Å². The maximum absolute atomic E-state index is 3.44. The summed E-state index contributed by atoms with van der Waals surface area (Å²) < 4.78 is 0. The molecule has 1 aromatic carbocycles. The monoisotopic (exact) mass is 161 g/mol. The zero-order valence-corrected chi connectivity index (χ0v) is 7.72. The van der Waals surface area contributed by atoms with Gasteiger partial charge in [0.2, 0.25) is 0 Å². The van der Waals surface area contributed by atoms with Gasteiger partial charge in [-0.05, 0) is 30.5 Å². The van der Waals surface area contributed by atoms with Gasteiger partial charge in [-0.15, -0.1) is 0 Å². The molecule has 0 saturated heterocycles. The second kappa shape index (κ2) is 2.81. The summed E-state index contributed by atoms with van der Waals surface area (Å²) in [5.41, 5.74) is 4.20. The highest BCUT2D eigenvalue weighted by molar-refractivity contribution is 5.59. The first-order chi connectivity index (χ1) is 5.81. The molecular formula is C11H15N. The van der Waals surface area contributed by atoms with E-state index in [4.69, 9.17) is 0 Å². The van der Waals surface area contributed by atoms with Crippen LogP contribution in [-0.4, -0.2) is 6.54 Å². The Labute approximate surface area is 73.8 Å². The number of nitrogens with one attached hydrogen (secondary N) is 1. The van der Waals surface area contributed by atoms with Crippen molar-refractivity contribution in [1.29, 1.82) is 0 Å². The smallest absolute Gasteiger partial charge is 0.0379 e. The SMILES string of the molecule is CCC1CNc2cc(C)ccc21. The van der Waals surface area contributed by atoms with Crippen LogP contribution in [0.1, 0.15) is 30.4 Å². The molecule has 1 unspecified atom stereocenters. The van der Waals surface area contributed by atoms with E-state index >= 15 is 0 Å². The van der Waals surface area contributed by atoms with E-state index in [1.807, 2.05) is 0 Å². The third-order valence-electron chi connectivity index (χ3n) is 2.68. The molecule has 0 aliphatic carbocycles. The quantitative estimate of drug-likeness (QED) is 0.667. The van der Waals surface area contributed by atoms with Gasteiger partial charge in [0.1, 0.15) is 0 Å². The minimum absolute atomic E-state index is 0.737. The third kappa shape index (κ3) is 1.09. The molecule has 0 spiro atoms. The first kappa shape index (κ1) is 7.66. The molecule has 1 nitrogen and oxygen atoms in total. The molecule has 2 rings (SSSR count). The summed E-state index contributed by atoms with van der Waals surface area (Å²) in [6.45, 7) is 5.51. The first-order valence-corrected chi connectivity index (χ1v) is 4.65. The maximum Gasteiger partial charge on any atom is 0.0379 e. The Morgan fingerprint density at radius 3 is 3.08 bits per heavy atom. The molecule has 1 heterocycles. The topological polar surface area (TPSA) is 12.0 Å². The zero-order valence-electron chi connectivity index (χ0n) is 7.72. The summed E-state index contributed by atoms with van der Waals surface area (Å²) in [6, 6.07) is 6.71. The van der Waals surface area contributed by atoms with Crippen molar-refractivity contribution in [3.63, 3.8) is 0 Å². The highest BCUT2D eigenvalue weighted by atomic mass is 14.9. The van der Waals surface area contributed by atoms with Crippen molar-refractivity contribution < 1.29 is 0 Å². The van der Waals surface area contributed by atoms with E-state index in [9.17, 15) is 0 Å². The summed E-state index contributed by atoms with van der Waals surface area (Å²) in [5.74, 6) is 0.737. The first-order valence-electron chi connectivity index (χ1n) is 4.65. The number of anilines is 1. The van der Waals surface area contributed by atoms with Crippen LogP contribution < -0.4 is 5.32 Å². The molecule has 0 amide bonds. The van der Waals surface area contributed by atoms with E-state index < -0.39 is 0 Å². The second-order valence-electron chi connectivity index (χ2n) is 3.58. The van der Waals surface area contributed by atoms with Crippen LogP contribution in [0.3, 0.4) is 0 Å². The summed E-state index contributed by atoms with van der Waals surface area (Å²) in [4.78, 5) is 0. The lowest BCUT2D eigenvalue weighted by molar-refractivity contribution is 0.727. The van der Waals surface area contributed by atoms with Crippen molar-refractivity contribution in [3.05, 3.63) is 29.3 Å². The van der Waals surface area contributed by atoms with Crippen LogP contribution in [0.5, 0.6) is 0 Å². The minimum atomic E-state index is 0.737. The molecule has 1 atom stereocenters. The molecule has 1 aliphatic heterocycles. The second-order valence-corrected chi connectivity index (χ2v) is 3.58. The van der Waals surface area contributed by atoms with Gasteiger partial charge >= 0.3 is 0 Å². The van der Waals surface area contributed by atoms with Gasteiger partial charge in [0, 0.05) is 18.2 Å². The molecule has 0 aromatic heterocycles. The fraction of sp³-hybridized carbons (Fsp3) is 0.455. The Bertz CT molecular complexity index is 291. The lowest BCUT2D eigenvalue weighted by Gasteiger charge is -2.05. The summed E-state index contributed by atoms with van der Waals surface area (Å²) in [5, 5.41) is 3.44. The zero-order chi connectivity index (χ0) is 8.55. The summed E-state index contributed by atoms with van der Waals surface area (Å²) >= 11 is 0. The lowest BCUT2D eigenvalue weighted by atomic mass is 9.98. The predicted molar refractivity (Wildman–Crippen MR) is 52.7 cm³/mol. The molecule has 12 heavy (non-hydrogen) atoms. The van der Waals surface area contributed by atoms with Gasteiger partial charge in [-0.3, -0.25) is 0 Å². The third-order valence-corrected chi connectivity index (χ3v) is 2.68. The van der Waals surface area contributed by atoms with E-state index in [-0.39, 0.29) is 0 Å². The molecule has 0 saturated carbocycles. The molecule has 0 bridgehead atoms. The average molecular weight is 161 g/mol. The number of hydrogen-bond donors (Lipinski definition) is 1. The molecule has 0 radical (unpaired) electrons. The minimum Gasteiger partial charge on any atom is -0.384 e. The van der Waals surface area contributed by atoms with Gasteiger partial charge in [-0.1, -0.05) is 19.1 Å². The van der Waals surface area contributed by atoms with Crippen LogP contribution >= 0.6 is 0 Å². The molecule has 1 N–H and O–H groups in total. The van der Waals surface area contributed by atoms with Crippen molar-refractivity contribution in [2.45, 2.75) is 26.2 Å². The number of hydrogen-bond acceptors (Lipinski definition) is 1. The standard InChI is InChI=1S/C11H15N/c1-3-9-7-12-11-6-8(2)4-5-10(9)11/h4-6,9,12H,3,7H2,1-2H3. The van der Waals surface area contributed by atoms with Crippen LogP contribution in [0, 0.1) is 6.92 Å². The van der Waals surface area contributed by atoms with Crippen LogP contribution in [0.4, 0.5) is 5.69 Å². The molecule has 1 aromatic rings. The van der Waals surface area contributed by atoms with Gasteiger partial charge in [0.25, 0.3) is 0 Å². The van der Waals surface area contributed by atoms with Gasteiger partial charge in [0.05, 0.1) is 0 Å². The average Bonchev–Trinajstić information content (AvgIpc) is 2.46. The van der Waals surface area contributed by atoms with Crippen LogP contribution in [0.25, 0.3) is 0 Å². The summed E-state index contributed by atoms with van der Waals surface area (Å²) in [7, 11) is 0. The van der Waals surface area contributed by atoms with Crippen molar-refractivity contribution in [3.8, 4) is 0 Å². The fourth-order valence-electron chi connectivity index (χ4n) is 1.89. The van der Waals surface area contributed by atoms with Gasteiger partial charge in [-0.2, -0.15) is 0 Å². The Kier molecular flexibility index (Phi) is 1.80. The largest absolute Gasteiger partial charge is 0.384 e. The summed E-state index contributed by atoms with van der Waals surface area (Å²) in [6.07, 6.45) is 1.24. The van der Waals surface area contributed by atoms with Crippen molar-refractivity contribution in [2.24, 2.45) is 0 Å². The fourth-order valence-corrected chi connectivity index (χ4v) is 1.89.